The summed E-state index contributed by atoms with van der Waals surface area (Å²) in [6, 6.07) is 47.8. The first-order valence-corrected chi connectivity index (χ1v) is 21.2. The zero-order valence-electron chi connectivity index (χ0n) is 35.8. The highest BCUT2D eigenvalue weighted by molar-refractivity contribution is 5.91. The van der Waals surface area contributed by atoms with Crippen LogP contribution in [0.5, 0.6) is 0 Å². The van der Waals surface area contributed by atoms with Crippen LogP contribution >= 0.6 is 0 Å². The van der Waals surface area contributed by atoms with E-state index in [0.717, 1.165) is 0 Å². The molecule has 0 radical (unpaired) electrons. The average Bonchev–Trinajstić information content (AvgIpc) is 3.38. The van der Waals surface area contributed by atoms with Crippen LogP contribution in [0.25, 0.3) is 0 Å². The molecule has 6 aromatic rings. The van der Waals surface area contributed by atoms with Crippen LogP contribution in [-0.4, -0.2) is 85.9 Å². The lowest BCUT2D eigenvalue weighted by Gasteiger charge is -2.44. The summed E-state index contributed by atoms with van der Waals surface area (Å²) in [6.45, 7) is -1.63. The molecule has 6 atom stereocenters. The van der Waals surface area contributed by atoms with E-state index < -0.39 is 85.9 Å². The summed E-state index contributed by atoms with van der Waals surface area (Å²) < 4.78 is 47.7. The SMILES string of the molecule is O=C(N[C@@H](CO[C@@H]1O[C@H](COC(=O)c2ccccc2)[C@H](OC(=O)c2ccccc2)[C@H](OC(=O)c2ccccc2)[C@H]1OC(=O)c1ccccc1)C(=O)OCc1ccccc1)OCc1ccccc1. The van der Waals surface area contributed by atoms with Crippen LogP contribution in [0.2, 0.25) is 0 Å². The number of alkyl carbamates (subject to hydrolysis) is 1. The number of esters is 5. The highest BCUT2D eigenvalue weighted by atomic mass is 16.7. The van der Waals surface area contributed by atoms with Gasteiger partial charge in [0.05, 0.1) is 28.9 Å². The Morgan fingerprint density at radius 3 is 1.30 bits per heavy atom. The van der Waals surface area contributed by atoms with E-state index in [-0.39, 0.29) is 35.5 Å². The first kappa shape index (κ1) is 46.8. The Morgan fingerprint density at radius 1 is 0.448 bits per heavy atom. The first-order chi connectivity index (χ1) is 32.7. The number of nitrogens with one attached hydrogen (secondary N) is 1. The van der Waals surface area contributed by atoms with Gasteiger partial charge in [-0.15, -0.1) is 0 Å². The molecule has 0 aliphatic carbocycles. The Balaban J connectivity index is 1.24. The minimum Gasteiger partial charge on any atom is -0.459 e. The third kappa shape index (κ3) is 13.4. The minimum absolute atomic E-state index is 0.0799. The zero-order valence-corrected chi connectivity index (χ0v) is 35.8. The smallest absolute Gasteiger partial charge is 0.408 e. The summed E-state index contributed by atoms with van der Waals surface area (Å²) in [6.07, 6.45) is -9.41. The molecule has 15 heteroatoms. The fraction of sp³-hybridized carbons (Fsp3) is 0.192. The second-order valence-electron chi connectivity index (χ2n) is 14.9. The molecule has 0 saturated carbocycles. The monoisotopic (exact) mass is 907 g/mol. The summed E-state index contributed by atoms with van der Waals surface area (Å²) in [5.74, 6) is -4.44. The highest BCUT2D eigenvalue weighted by Crippen LogP contribution is 2.32. The number of rotatable bonds is 18. The standard InChI is InChI=1S/C52H45NO14/c54-46(37-23-11-3-12-24-37)61-34-42-43(65-47(55)38-25-13-4-14-26-38)44(66-48(56)39-27-15-5-16-28-39)45(67-49(57)40-29-17-6-18-30-40)51(64-42)62-33-41(50(58)60-31-35-19-7-1-8-20-35)53-52(59)63-32-36-21-9-2-10-22-36/h1-30,41-45,51H,31-34H2,(H,53,59)/t41-,42+,43-,44-,45+,51+/m0/s1. The van der Waals surface area contributed by atoms with E-state index in [1.165, 1.54) is 48.5 Å². The van der Waals surface area contributed by atoms with Gasteiger partial charge in [0.25, 0.3) is 0 Å². The largest absolute Gasteiger partial charge is 0.459 e. The molecule has 1 aliphatic heterocycles. The second-order valence-corrected chi connectivity index (χ2v) is 14.9. The summed E-state index contributed by atoms with van der Waals surface area (Å²) in [5.41, 5.74) is 1.78. The maximum atomic E-state index is 14.0. The number of hydrogen-bond acceptors (Lipinski definition) is 14. The van der Waals surface area contributed by atoms with Gasteiger partial charge in [-0.3, -0.25) is 0 Å². The van der Waals surface area contributed by atoms with Gasteiger partial charge in [0, 0.05) is 0 Å². The normalized spacial score (nSPS) is 17.9. The number of hydrogen-bond donors (Lipinski definition) is 1. The molecule has 6 aromatic carbocycles. The van der Waals surface area contributed by atoms with Gasteiger partial charge in [-0.05, 0) is 59.7 Å². The topological polar surface area (TPSA) is 188 Å². The van der Waals surface area contributed by atoms with Gasteiger partial charge in [-0.25, -0.2) is 28.8 Å². The molecule has 0 unspecified atom stereocenters. The maximum Gasteiger partial charge on any atom is 0.408 e. The van der Waals surface area contributed by atoms with Crippen molar-refractivity contribution in [1.29, 1.82) is 0 Å². The van der Waals surface area contributed by atoms with Crippen molar-refractivity contribution in [2.45, 2.75) is 50.0 Å². The lowest BCUT2D eigenvalue weighted by molar-refractivity contribution is -0.299. The van der Waals surface area contributed by atoms with Crippen LogP contribution in [0.15, 0.2) is 182 Å². The van der Waals surface area contributed by atoms with Gasteiger partial charge in [0.2, 0.25) is 0 Å². The van der Waals surface area contributed by atoms with Crippen LogP contribution < -0.4 is 5.32 Å². The first-order valence-electron chi connectivity index (χ1n) is 21.2. The summed E-state index contributed by atoms with van der Waals surface area (Å²) in [7, 11) is 0. The van der Waals surface area contributed by atoms with Crippen molar-refractivity contribution < 1.29 is 66.7 Å². The Kier molecular flexibility index (Phi) is 16.6. The van der Waals surface area contributed by atoms with Crippen molar-refractivity contribution in [2.24, 2.45) is 0 Å². The molecule has 0 aromatic heterocycles. The van der Waals surface area contributed by atoms with Crippen LogP contribution in [-0.2, 0) is 55.9 Å². The molecule has 67 heavy (non-hydrogen) atoms. The van der Waals surface area contributed by atoms with E-state index in [2.05, 4.69) is 5.32 Å². The van der Waals surface area contributed by atoms with E-state index in [1.807, 2.05) is 0 Å². The van der Waals surface area contributed by atoms with Crippen molar-refractivity contribution in [1.82, 2.24) is 5.32 Å². The fourth-order valence-corrected chi connectivity index (χ4v) is 6.76. The van der Waals surface area contributed by atoms with Crippen molar-refractivity contribution in [2.75, 3.05) is 13.2 Å². The minimum atomic E-state index is -1.78. The molecular formula is C52H45NO14. The van der Waals surface area contributed by atoms with Gasteiger partial charge < -0.3 is 43.2 Å². The molecule has 1 amide bonds. The second kappa shape index (κ2) is 23.7. The lowest BCUT2D eigenvalue weighted by atomic mass is 9.97. The van der Waals surface area contributed by atoms with Crippen LogP contribution in [0.3, 0.4) is 0 Å². The van der Waals surface area contributed by atoms with E-state index in [1.54, 1.807) is 133 Å². The van der Waals surface area contributed by atoms with E-state index in [4.69, 9.17) is 37.9 Å². The fourth-order valence-electron chi connectivity index (χ4n) is 6.76. The predicted octanol–water partition coefficient (Wildman–Crippen LogP) is 7.30. The Labute approximate surface area is 385 Å². The van der Waals surface area contributed by atoms with E-state index in [9.17, 15) is 28.8 Å². The molecule has 1 heterocycles. The average molecular weight is 908 g/mol. The van der Waals surface area contributed by atoms with Gasteiger partial charge in [-0.2, -0.15) is 0 Å². The molecule has 15 nitrogen and oxygen atoms in total. The Morgan fingerprint density at radius 2 is 0.836 bits per heavy atom. The molecular weight excluding hydrogens is 863 g/mol. The highest BCUT2D eigenvalue weighted by Gasteiger charge is 2.54. The van der Waals surface area contributed by atoms with Gasteiger partial charge in [0.15, 0.2) is 30.6 Å². The predicted molar refractivity (Wildman–Crippen MR) is 238 cm³/mol. The number of carbonyl (C=O) groups is 6. The van der Waals surface area contributed by atoms with Gasteiger partial charge >= 0.3 is 35.9 Å². The third-order valence-electron chi connectivity index (χ3n) is 10.2. The molecule has 1 fully saturated rings. The third-order valence-corrected chi connectivity index (χ3v) is 10.2. The zero-order chi connectivity index (χ0) is 46.8. The number of carbonyl (C=O) groups excluding carboxylic acids is 6. The van der Waals surface area contributed by atoms with Crippen LogP contribution in [0.4, 0.5) is 4.79 Å². The molecule has 7 rings (SSSR count). The van der Waals surface area contributed by atoms with Crippen molar-refractivity contribution >= 4 is 35.9 Å². The Bertz CT molecular complexity index is 2550. The van der Waals surface area contributed by atoms with Crippen LogP contribution in [0.1, 0.15) is 52.6 Å². The summed E-state index contributed by atoms with van der Waals surface area (Å²) >= 11 is 0. The van der Waals surface area contributed by atoms with Gasteiger partial charge in [0.1, 0.15) is 25.9 Å². The molecule has 1 aliphatic rings. The number of amides is 1. The van der Waals surface area contributed by atoms with E-state index >= 15 is 0 Å². The van der Waals surface area contributed by atoms with Crippen LogP contribution in [0, 0.1) is 0 Å². The Hall–Kier alpha value is -8.14. The van der Waals surface area contributed by atoms with Gasteiger partial charge in [-0.1, -0.05) is 133 Å². The molecule has 1 saturated heterocycles. The van der Waals surface area contributed by atoms with Crippen molar-refractivity contribution in [3.05, 3.63) is 215 Å². The van der Waals surface area contributed by atoms with Crippen molar-refractivity contribution in [3.8, 4) is 0 Å². The lowest BCUT2D eigenvalue weighted by Crippen LogP contribution is -2.63. The van der Waals surface area contributed by atoms with Crippen molar-refractivity contribution in [3.63, 3.8) is 0 Å². The quantitative estimate of drug-likeness (QED) is 0.0668. The summed E-state index contributed by atoms with van der Waals surface area (Å²) in [4.78, 5) is 82.3. The summed E-state index contributed by atoms with van der Waals surface area (Å²) in [5, 5.41) is 2.48. The van der Waals surface area contributed by atoms with E-state index in [0.29, 0.717) is 11.1 Å². The maximum absolute atomic E-state index is 14.0. The molecule has 342 valence electrons. The number of benzene rings is 6. The molecule has 0 bridgehead atoms. The number of ether oxygens (including phenoxy) is 8. The molecule has 1 N–H and O–H groups in total. The molecule has 0 spiro atoms.